The van der Waals surface area contributed by atoms with Crippen LogP contribution in [0.5, 0.6) is 0 Å². The highest BCUT2D eigenvalue weighted by Crippen LogP contribution is 2.27. The standard InChI is InChI=1S/C14H21NO4S/c1-3-20(16,17)15-13-7-5-4-6-12(13)8-9-14(2)18-10-11-19-14/h4-7,15H,3,8-11H2,1-2H3. The van der Waals surface area contributed by atoms with Crippen LogP contribution in [0.4, 0.5) is 5.69 Å². The molecule has 112 valence electrons. The Labute approximate surface area is 120 Å². The normalized spacial score (nSPS) is 18.1. The van der Waals surface area contributed by atoms with E-state index in [9.17, 15) is 8.42 Å². The van der Waals surface area contributed by atoms with Crippen molar-refractivity contribution in [1.29, 1.82) is 0 Å². The van der Waals surface area contributed by atoms with E-state index in [2.05, 4.69) is 4.72 Å². The van der Waals surface area contributed by atoms with Gasteiger partial charge in [-0.1, -0.05) is 18.2 Å². The maximum atomic E-state index is 11.7. The zero-order chi connectivity index (χ0) is 14.6. The van der Waals surface area contributed by atoms with Gasteiger partial charge in [-0.25, -0.2) is 8.42 Å². The third kappa shape index (κ3) is 3.94. The Bertz CT molecular complexity index is 550. The molecule has 0 spiro atoms. The lowest BCUT2D eigenvalue weighted by molar-refractivity contribution is -0.146. The van der Waals surface area contributed by atoms with E-state index in [1.54, 1.807) is 13.0 Å². The van der Waals surface area contributed by atoms with Crippen LogP contribution in [0.15, 0.2) is 24.3 Å². The fraction of sp³-hybridized carbons (Fsp3) is 0.571. The van der Waals surface area contributed by atoms with Crippen LogP contribution in [-0.2, 0) is 25.9 Å². The molecule has 1 heterocycles. The number of hydrogen-bond donors (Lipinski definition) is 1. The second kappa shape index (κ2) is 6.11. The Morgan fingerprint density at radius 3 is 2.55 bits per heavy atom. The van der Waals surface area contributed by atoms with Crippen molar-refractivity contribution in [3.63, 3.8) is 0 Å². The van der Waals surface area contributed by atoms with Crippen molar-refractivity contribution in [1.82, 2.24) is 0 Å². The van der Waals surface area contributed by atoms with Crippen LogP contribution in [-0.4, -0.2) is 33.2 Å². The molecule has 0 aliphatic carbocycles. The van der Waals surface area contributed by atoms with Crippen LogP contribution >= 0.6 is 0 Å². The lowest BCUT2D eigenvalue weighted by atomic mass is 10.0. The smallest absolute Gasteiger partial charge is 0.232 e. The minimum Gasteiger partial charge on any atom is -0.348 e. The molecule has 20 heavy (non-hydrogen) atoms. The van der Waals surface area contributed by atoms with Crippen molar-refractivity contribution >= 4 is 15.7 Å². The molecule has 1 N–H and O–H groups in total. The number of nitrogens with one attached hydrogen (secondary N) is 1. The SMILES string of the molecule is CCS(=O)(=O)Nc1ccccc1CCC1(C)OCCO1. The predicted molar refractivity (Wildman–Crippen MR) is 78.2 cm³/mol. The Kier molecular flexibility index (Phi) is 4.67. The van der Waals surface area contributed by atoms with Gasteiger partial charge in [0.2, 0.25) is 10.0 Å². The molecule has 0 aromatic heterocycles. The number of benzene rings is 1. The number of rotatable bonds is 6. The summed E-state index contributed by atoms with van der Waals surface area (Å²) >= 11 is 0. The summed E-state index contributed by atoms with van der Waals surface area (Å²) in [6, 6.07) is 7.42. The molecular formula is C14H21NO4S. The molecule has 0 bridgehead atoms. The average Bonchev–Trinajstić information content (AvgIpc) is 2.85. The Hall–Kier alpha value is -1.11. The molecule has 0 radical (unpaired) electrons. The van der Waals surface area contributed by atoms with Crippen molar-refractivity contribution in [2.24, 2.45) is 0 Å². The third-order valence-corrected chi connectivity index (χ3v) is 4.70. The highest BCUT2D eigenvalue weighted by atomic mass is 32.2. The minimum atomic E-state index is -3.26. The summed E-state index contributed by atoms with van der Waals surface area (Å²) in [7, 11) is -3.26. The molecular weight excluding hydrogens is 278 g/mol. The molecule has 1 aliphatic rings. The van der Waals surface area contributed by atoms with Gasteiger partial charge >= 0.3 is 0 Å². The molecule has 1 aromatic rings. The lowest BCUT2D eigenvalue weighted by Crippen LogP contribution is -2.26. The number of anilines is 1. The summed E-state index contributed by atoms with van der Waals surface area (Å²) in [4.78, 5) is 0. The fourth-order valence-corrected chi connectivity index (χ4v) is 2.82. The van der Waals surface area contributed by atoms with Crippen LogP contribution in [0.1, 0.15) is 25.8 Å². The first-order valence-corrected chi connectivity index (χ1v) is 8.46. The predicted octanol–water partition coefficient (Wildman–Crippen LogP) is 2.14. The summed E-state index contributed by atoms with van der Waals surface area (Å²) in [5.74, 6) is -0.498. The summed E-state index contributed by atoms with van der Waals surface area (Å²) in [6.07, 6.45) is 1.39. The molecule has 1 aliphatic heterocycles. The van der Waals surface area contributed by atoms with Crippen LogP contribution in [0, 0.1) is 0 Å². The van der Waals surface area contributed by atoms with Gasteiger partial charge in [0.25, 0.3) is 0 Å². The van der Waals surface area contributed by atoms with E-state index in [-0.39, 0.29) is 5.75 Å². The van der Waals surface area contributed by atoms with Crippen LogP contribution in [0.25, 0.3) is 0 Å². The van der Waals surface area contributed by atoms with Gasteiger partial charge in [-0.05, 0) is 31.9 Å². The van der Waals surface area contributed by atoms with E-state index in [0.717, 1.165) is 5.56 Å². The van der Waals surface area contributed by atoms with E-state index in [1.807, 2.05) is 25.1 Å². The first-order valence-electron chi connectivity index (χ1n) is 6.80. The first kappa shape index (κ1) is 15.3. The second-order valence-electron chi connectivity index (χ2n) is 4.99. The van der Waals surface area contributed by atoms with Crippen LogP contribution in [0.3, 0.4) is 0 Å². The molecule has 2 rings (SSSR count). The molecule has 0 unspecified atom stereocenters. The molecule has 1 fully saturated rings. The third-order valence-electron chi connectivity index (χ3n) is 3.41. The van der Waals surface area contributed by atoms with E-state index >= 15 is 0 Å². The molecule has 0 saturated carbocycles. The minimum absolute atomic E-state index is 0.0608. The second-order valence-corrected chi connectivity index (χ2v) is 7.00. The maximum Gasteiger partial charge on any atom is 0.232 e. The molecule has 0 atom stereocenters. The summed E-state index contributed by atoms with van der Waals surface area (Å²) in [5.41, 5.74) is 1.58. The molecule has 1 aromatic carbocycles. The largest absolute Gasteiger partial charge is 0.348 e. The highest BCUT2D eigenvalue weighted by Gasteiger charge is 2.30. The summed E-state index contributed by atoms with van der Waals surface area (Å²) in [5, 5.41) is 0. The molecule has 1 saturated heterocycles. The van der Waals surface area contributed by atoms with Gasteiger partial charge in [0.05, 0.1) is 24.7 Å². The van der Waals surface area contributed by atoms with E-state index < -0.39 is 15.8 Å². The quantitative estimate of drug-likeness (QED) is 0.874. The molecule has 5 nitrogen and oxygen atoms in total. The van der Waals surface area contributed by atoms with Gasteiger partial charge in [-0.2, -0.15) is 0 Å². The van der Waals surface area contributed by atoms with Gasteiger partial charge in [-0.3, -0.25) is 4.72 Å². The van der Waals surface area contributed by atoms with Gasteiger partial charge in [0.1, 0.15) is 0 Å². The topological polar surface area (TPSA) is 64.6 Å². The summed E-state index contributed by atoms with van der Waals surface area (Å²) < 4.78 is 37.1. The average molecular weight is 299 g/mol. The summed E-state index contributed by atoms with van der Waals surface area (Å²) in [6.45, 7) is 4.76. The zero-order valence-electron chi connectivity index (χ0n) is 11.9. The number of sulfonamides is 1. The van der Waals surface area contributed by atoms with Crippen molar-refractivity contribution < 1.29 is 17.9 Å². The maximum absolute atomic E-state index is 11.7. The van der Waals surface area contributed by atoms with Crippen molar-refractivity contribution in [2.75, 3.05) is 23.7 Å². The first-order chi connectivity index (χ1) is 9.44. The number of ether oxygens (including phenoxy) is 2. The number of hydrogen-bond acceptors (Lipinski definition) is 4. The zero-order valence-corrected chi connectivity index (χ0v) is 12.7. The van der Waals surface area contributed by atoms with Gasteiger partial charge in [0.15, 0.2) is 5.79 Å². The Morgan fingerprint density at radius 1 is 1.25 bits per heavy atom. The van der Waals surface area contributed by atoms with Crippen molar-refractivity contribution in [3.8, 4) is 0 Å². The van der Waals surface area contributed by atoms with Crippen LogP contribution in [0.2, 0.25) is 0 Å². The molecule has 6 heteroatoms. The Balaban J connectivity index is 2.08. The van der Waals surface area contributed by atoms with E-state index in [1.165, 1.54) is 0 Å². The van der Waals surface area contributed by atoms with Gasteiger partial charge in [-0.15, -0.1) is 0 Å². The van der Waals surface area contributed by atoms with Gasteiger partial charge < -0.3 is 9.47 Å². The fourth-order valence-electron chi connectivity index (χ4n) is 2.14. The lowest BCUT2D eigenvalue weighted by Gasteiger charge is -2.22. The van der Waals surface area contributed by atoms with E-state index in [4.69, 9.17) is 9.47 Å². The highest BCUT2D eigenvalue weighted by molar-refractivity contribution is 7.92. The van der Waals surface area contributed by atoms with E-state index in [0.29, 0.717) is 31.7 Å². The van der Waals surface area contributed by atoms with Crippen molar-refractivity contribution in [2.45, 2.75) is 32.5 Å². The Morgan fingerprint density at radius 2 is 1.90 bits per heavy atom. The van der Waals surface area contributed by atoms with Crippen molar-refractivity contribution in [3.05, 3.63) is 29.8 Å². The van der Waals surface area contributed by atoms with Crippen LogP contribution < -0.4 is 4.72 Å². The number of aryl methyl sites for hydroxylation is 1. The number of para-hydroxylation sites is 1. The van der Waals surface area contributed by atoms with Gasteiger partial charge in [0, 0.05) is 6.42 Å². The monoisotopic (exact) mass is 299 g/mol. The molecule has 0 amide bonds.